The van der Waals surface area contributed by atoms with Crippen LogP contribution in [0, 0.1) is 0 Å². The molecule has 1 nitrogen and oxygen atoms in total. The van der Waals surface area contributed by atoms with Gasteiger partial charge in [0.25, 0.3) is 0 Å². The summed E-state index contributed by atoms with van der Waals surface area (Å²) in [4.78, 5) is 0. The van der Waals surface area contributed by atoms with Gasteiger partial charge in [-0.2, -0.15) is 0 Å². The second-order valence-electron chi connectivity index (χ2n) is 1.95. The fourth-order valence-electron chi connectivity index (χ4n) is 0. The summed E-state index contributed by atoms with van der Waals surface area (Å²) in [6.07, 6.45) is 4.38. The van der Waals surface area contributed by atoms with Crippen LogP contribution in [-0.4, -0.2) is 13.2 Å². The molecule has 0 heterocycles. The van der Waals surface area contributed by atoms with Gasteiger partial charge in [-0.05, 0) is 27.7 Å². The standard InChI is InChI=1S/C4H10O.C4H8/c1-4(2)5-3;1-3-4-2/h4H,1-3H3;3-4H,1-2H3. The molecule has 0 aliphatic carbocycles. The molecule has 0 aliphatic rings. The number of allylic oxidation sites excluding steroid dienone is 2. The molecular formula is C8H18O. The summed E-state index contributed by atoms with van der Waals surface area (Å²) in [5.41, 5.74) is 0. The number of ether oxygens (including phenoxy) is 1. The fourth-order valence-corrected chi connectivity index (χ4v) is 0. The minimum absolute atomic E-state index is 0.384. The van der Waals surface area contributed by atoms with Gasteiger partial charge in [0.2, 0.25) is 0 Å². The lowest BCUT2D eigenvalue weighted by molar-refractivity contribution is 0.134. The van der Waals surface area contributed by atoms with E-state index in [1.165, 1.54) is 0 Å². The fraction of sp³-hybridized carbons (Fsp3) is 0.750. The molecule has 56 valence electrons. The molecule has 0 unspecified atom stereocenters. The molecule has 0 radical (unpaired) electrons. The maximum absolute atomic E-state index is 4.75. The molecule has 0 rings (SSSR count). The summed E-state index contributed by atoms with van der Waals surface area (Å²) in [5, 5.41) is 0. The van der Waals surface area contributed by atoms with E-state index in [1.807, 2.05) is 39.8 Å². The number of methoxy groups -OCH3 is 1. The van der Waals surface area contributed by atoms with Gasteiger partial charge in [-0.3, -0.25) is 0 Å². The Morgan fingerprint density at radius 3 is 1.33 bits per heavy atom. The Labute approximate surface area is 58.7 Å². The third-order valence-corrected chi connectivity index (χ3v) is 0.805. The lowest BCUT2D eigenvalue weighted by atomic mass is 10.5. The Kier molecular flexibility index (Phi) is 13.6. The van der Waals surface area contributed by atoms with Gasteiger partial charge in [0.15, 0.2) is 0 Å². The molecule has 0 bridgehead atoms. The second-order valence-corrected chi connectivity index (χ2v) is 1.95. The molecule has 0 N–H and O–H groups in total. The molecule has 0 amide bonds. The molecule has 0 aromatic carbocycles. The van der Waals surface area contributed by atoms with Crippen molar-refractivity contribution in [3.8, 4) is 0 Å². The molecule has 9 heavy (non-hydrogen) atoms. The Morgan fingerprint density at radius 2 is 1.33 bits per heavy atom. The number of rotatable bonds is 1. The number of hydrogen-bond acceptors (Lipinski definition) is 1. The van der Waals surface area contributed by atoms with Crippen LogP contribution in [0.2, 0.25) is 0 Å². The minimum atomic E-state index is 0.384. The summed E-state index contributed by atoms with van der Waals surface area (Å²) in [7, 11) is 1.70. The zero-order valence-corrected chi connectivity index (χ0v) is 7.14. The van der Waals surface area contributed by atoms with Crippen LogP contribution in [0.4, 0.5) is 0 Å². The zero-order chi connectivity index (χ0) is 7.70. The van der Waals surface area contributed by atoms with Gasteiger partial charge in [-0.25, -0.2) is 0 Å². The maximum atomic E-state index is 4.75. The van der Waals surface area contributed by atoms with E-state index in [-0.39, 0.29) is 0 Å². The van der Waals surface area contributed by atoms with Crippen LogP contribution in [-0.2, 0) is 4.74 Å². The Bertz CT molecular complexity index is 51.6. The van der Waals surface area contributed by atoms with E-state index in [1.54, 1.807) is 7.11 Å². The zero-order valence-electron chi connectivity index (χ0n) is 7.14. The van der Waals surface area contributed by atoms with E-state index in [0.29, 0.717) is 6.10 Å². The number of hydrogen-bond donors (Lipinski definition) is 0. The first-order valence-corrected chi connectivity index (χ1v) is 3.29. The van der Waals surface area contributed by atoms with E-state index in [4.69, 9.17) is 4.74 Å². The Morgan fingerprint density at radius 1 is 1.11 bits per heavy atom. The van der Waals surface area contributed by atoms with Crippen molar-refractivity contribution in [2.24, 2.45) is 0 Å². The summed E-state index contributed by atoms with van der Waals surface area (Å²) < 4.78 is 4.75. The van der Waals surface area contributed by atoms with E-state index < -0.39 is 0 Å². The van der Waals surface area contributed by atoms with Gasteiger partial charge >= 0.3 is 0 Å². The van der Waals surface area contributed by atoms with Crippen LogP contribution < -0.4 is 0 Å². The third kappa shape index (κ3) is 34.3. The van der Waals surface area contributed by atoms with Crippen molar-refractivity contribution in [3.63, 3.8) is 0 Å². The van der Waals surface area contributed by atoms with Crippen LogP contribution in [0.3, 0.4) is 0 Å². The molecule has 0 spiro atoms. The first kappa shape index (κ1) is 11.5. The Balaban J connectivity index is 0. The van der Waals surface area contributed by atoms with Gasteiger partial charge < -0.3 is 4.74 Å². The van der Waals surface area contributed by atoms with Gasteiger partial charge in [-0.15, -0.1) is 0 Å². The first-order valence-electron chi connectivity index (χ1n) is 3.29. The van der Waals surface area contributed by atoms with E-state index in [2.05, 4.69) is 0 Å². The summed E-state index contributed by atoms with van der Waals surface area (Å²) in [5.74, 6) is 0. The molecule has 0 fully saturated rings. The monoisotopic (exact) mass is 130 g/mol. The molecule has 1 heteroatoms. The maximum Gasteiger partial charge on any atom is 0.0515 e. The van der Waals surface area contributed by atoms with Crippen molar-refractivity contribution in [2.45, 2.75) is 33.8 Å². The molecule has 0 saturated heterocycles. The molecule has 0 aromatic heterocycles. The van der Waals surface area contributed by atoms with Crippen molar-refractivity contribution >= 4 is 0 Å². The average Bonchev–Trinajstić information content (AvgIpc) is 1.89. The largest absolute Gasteiger partial charge is 0.382 e. The van der Waals surface area contributed by atoms with Crippen LogP contribution in [0.15, 0.2) is 12.2 Å². The van der Waals surface area contributed by atoms with Crippen molar-refractivity contribution in [2.75, 3.05) is 7.11 Å². The highest BCUT2D eigenvalue weighted by atomic mass is 16.5. The minimum Gasteiger partial charge on any atom is -0.382 e. The van der Waals surface area contributed by atoms with Crippen molar-refractivity contribution in [3.05, 3.63) is 12.2 Å². The van der Waals surface area contributed by atoms with Crippen molar-refractivity contribution < 1.29 is 4.74 Å². The first-order chi connectivity index (χ1) is 4.18. The quantitative estimate of drug-likeness (QED) is 0.496. The highest BCUT2D eigenvalue weighted by Crippen LogP contribution is 1.77. The highest BCUT2D eigenvalue weighted by molar-refractivity contribution is 4.68. The lowest BCUT2D eigenvalue weighted by Crippen LogP contribution is -1.94. The van der Waals surface area contributed by atoms with Crippen LogP contribution in [0.25, 0.3) is 0 Å². The molecule has 0 saturated carbocycles. The summed E-state index contributed by atoms with van der Waals surface area (Å²) >= 11 is 0. The summed E-state index contributed by atoms with van der Waals surface area (Å²) in [6, 6.07) is 0. The smallest absolute Gasteiger partial charge is 0.0515 e. The van der Waals surface area contributed by atoms with E-state index >= 15 is 0 Å². The van der Waals surface area contributed by atoms with Crippen molar-refractivity contribution in [1.29, 1.82) is 0 Å². The average molecular weight is 130 g/mol. The molecule has 0 aliphatic heterocycles. The molecular weight excluding hydrogens is 112 g/mol. The summed E-state index contributed by atoms with van der Waals surface area (Å²) in [6.45, 7) is 8.00. The topological polar surface area (TPSA) is 9.23 Å². The molecule has 0 atom stereocenters. The van der Waals surface area contributed by atoms with Gasteiger partial charge in [0.05, 0.1) is 6.10 Å². The van der Waals surface area contributed by atoms with E-state index in [0.717, 1.165) is 0 Å². The van der Waals surface area contributed by atoms with Crippen LogP contribution in [0.1, 0.15) is 27.7 Å². The van der Waals surface area contributed by atoms with Gasteiger partial charge in [0, 0.05) is 7.11 Å². The molecule has 0 aromatic rings. The highest BCUT2D eigenvalue weighted by Gasteiger charge is 1.78. The lowest BCUT2D eigenvalue weighted by Gasteiger charge is -1.94. The normalized spacial score (nSPS) is 9.56. The third-order valence-electron chi connectivity index (χ3n) is 0.805. The van der Waals surface area contributed by atoms with Gasteiger partial charge in [-0.1, -0.05) is 12.2 Å². The second kappa shape index (κ2) is 10.6. The SMILES string of the molecule is CC=CC.COC(C)C. The Hall–Kier alpha value is -0.300. The van der Waals surface area contributed by atoms with Crippen LogP contribution in [0.5, 0.6) is 0 Å². The predicted molar refractivity (Wildman–Crippen MR) is 42.6 cm³/mol. The van der Waals surface area contributed by atoms with E-state index in [9.17, 15) is 0 Å². The van der Waals surface area contributed by atoms with Crippen molar-refractivity contribution in [1.82, 2.24) is 0 Å². The predicted octanol–water partition coefficient (Wildman–Crippen LogP) is 2.62. The van der Waals surface area contributed by atoms with Gasteiger partial charge in [0.1, 0.15) is 0 Å². The van der Waals surface area contributed by atoms with Crippen LogP contribution >= 0.6 is 0 Å².